The molecular formula is C19H23FN2O. The Morgan fingerprint density at radius 3 is 2.91 bits per heavy atom. The summed E-state index contributed by atoms with van der Waals surface area (Å²) in [5, 5.41) is 0. The lowest BCUT2D eigenvalue weighted by Crippen LogP contribution is -2.43. The van der Waals surface area contributed by atoms with Gasteiger partial charge in [-0.2, -0.15) is 0 Å². The molecule has 2 aromatic rings. The van der Waals surface area contributed by atoms with Crippen LogP contribution in [0.2, 0.25) is 0 Å². The summed E-state index contributed by atoms with van der Waals surface area (Å²) < 4.78 is 19.1. The first-order valence-electron chi connectivity index (χ1n) is 8.25. The number of hydrogen-bond acceptors (Lipinski definition) is 3. The largest absolute Gasteiger partial charge is 0.375 e. The maximum absolute atomic E-state index is 13.3. The van der Waals surface area contributed by atoms with Crippen LogP contribution in [0.15, 0.2) is 42.6 Å². The number of morpholine rings is 1. The molecule has 0 N–H and O–H groups in total. The predicted octanol–water partition coefficient (Wildman–Crippen LogP) is 3.23. The second kappa shape index (κ2) is 7.66. The van der Waals surface area contributed by atoms with Gasteiger partial charge in [-0.1, -0.05) is 25.1 Å². The molecule has 3 nitrogen and oxygen atoms in total. The molecule has 0 saturated carbocycles. The first-order valence-corrected chi connectivity index (χ1v) is 8.25. The number of nitrogens with zero attached hydrogens (tertiary/aromatic N) is 2. The smallest absolute Gasteiger partial charge is 0.123 e. The van der Waals surface area contributed by atoms with Crippen molar-refractivity contribution in [2.75, 3.05) is 19.7 Å². The molecule has 23 heavy (non-hydrogen) atoms. The monoisotopic (exact) mass is 314 g/mol. The molecule has 1 aromatic heterocycles. The lowest BCUT2D eigenvalue weighted by Gasteiger charge is -2.32. The second-order valence-corrected chi connectivity index (χ2v) is 6.07. The van der Waals surface area contributed by atoms with E-state index in [0.717, 1.165) is 43.7 Å². The topological polar surface area (TPSA) is 25.4 Å². The van der Waals surface area contributed by atoms with Crippen molar-refractivity contribution in [3.8, 4) is 0 Å². The molecular weight excluding hydrogens is 291 g/mol. The number of pyridine rings is 1. The first-order chi connectivity index (χ1) is 11.2. The molecule has 1 fully saturated rings. The highest BCUT2D eigenvalue weighted by molar-refractivity contribution is 5.17. The summed E-state index contributed by atoms with van der Waals surface area (Å²) in [6.45, 7) is 5.46. The molecule has 0 unspecified atom stereocenters. The highest BCUT2D eigenvalue weighted by Crippen LogP contribution is 2.15. The third-order valence-electron chi connectivity index (χ3n) is 4.26. The Hall–Kier alpha value is -1.78. The molecule has 0 spiro atoms. The van der Waals surface area contributed by atoms with E-state index in [2.05, 4.69) is 28.9 Å². The number of halogens is 1. The number of aryl methyl sites for hydroxylation is 1. The van der Waals surface area contributed by atoms with Crippen molar-refractivity contribution in [3.05, 3.63) is 65.2 Å². The fraction of sp³-hybridized carbons (Fsp3) is 0.421. The SMILES string of the molecule is CCc1ccc(CN2CCO[C@@H](Cc3cccc(F)c3)C2)nc1. The van der Waals surface area contributed by atoms with E-state index in [1.54, 1.807) is 12.1 Å². The Kier molecular flexibility index (Phi) is 5.36. The van der Waals surface area contributed by atoms with Crippen LogP contribution in [0, 0.1) is 5.82 Å². The van der Waals surface area contributed by atoms with Crippen LogP contribution in [0.3, 0.4) is 0 Å². The fourth-order valence-electron chi connectivity index (χ4n) is 2.96. The van der Waals surface area contributed by atoms with Gasteiger partial charge < -0.3 is 4.74 Å². The van der Waals surface area contributed by atoms with Crippen molar-refractivity contribution in [3.63, 3.8) is 0 Å². The van der Waals surface area contributed by atoms with E-state index in [1.165, 1.54) is 11.6 Å². The van der Waals surface area contributed by atoms with E-state index in [4.69, 9.17) is 4.74 Å². The van der Waals surface area contributed by atoms with Gasteiger partial charge >= 0.3 is 0 Å². The quantitative estimate of drug-likeness (QED) is 0.847. The summed E-state index contributed by atoms with van der Waals surface area (Å²) >= 11 is 0. The summed E-state index contributed by atoms with van der Waals surface area (Å²) in [6, 6.07) is 11.0. The van der Waals surface area contributed by atoms with Gasteiger partial charge in [-0.05, 0) is 42.2 Å². The zero-order valence-electron chi connectivity index (χ0n) is 13.5. The molecule has 3 rings (SSSR count). The molecule has 4 heteroatoms. The normalized spacial score (nSPS) is 19.0. The van der Waals surface area contributed by atoms with Crippen LogP contribution in [-0.4, -0.2) is 35.7 Å². The van der Waals surface area contributed by atoms with Gasteiger partial charge in [0.15, 0.2) is 0 Å². The van der Waals surface area contributed by atoms with Crippen LogP contribution in [0.1, 0.15) is 23.7 Å². The maximum atomic E-state index is 13.3. The van der Waals surface area contributed by atoms with E-state index in [9.17, 15) is 4.39 Å². The maximum Gasteiger partial charge on any atom is 0.123 e. The molecule has 0 amide bonds. The van der Waals surface area contributed by atoms with Gasteiger partial charge in [0.1, 0.15) is 5.82 Å². The van der Waals surface area contributed by atoms with Gasteiger partial charge in [0.2, 0.25) is 0 Å². The van der Waals surface area contributed by atoms with Gasteiger partial charge in [0, 0.05) is 25.8 Å². The van der Waals surface area contributed by atoms with Crippen LogP contribution in [0.5, 0.6) is 0 Å². The third kappa shape index (κ3) is 4.60. The van der Waals surface area contributed by atoms with Crippen molar-refractivity contribution in [2.24, 2.45) is 0 Å². The van der Waals surface area contributed by atoms with Crippen LogP contribution < -0.4 is 0 Å². The molecule has 2 heterocycles. The van der Waals surface area contributed by atoms with E-state index in [-0.39, 0.29) is 11.9 Å². The number of rotatable bonds is 5. The summed E-state index contributed by atoms with van der Waals surface area (Å²) in [6.07, 6.45) is 3.83. The Bertz CT molecular complexity index is 630. The van der Waals surface area contributed by atoms with Crippen LogP contribution in [0.4, 0.5) is 4.39 Å². The summed E-state index contributed by atoms with van der Waals surface area (Å²) in [5.41, 5.74) is 3.34. The van der Waals surface area contributed by atoms with Gasteiger partial charge in [0.25, 0.3) is 0 Å². The van der Waals surface area contributed by atoms with E-state index in [1.807, 2.05) is 12.3 Å². The molecule has 0 aliphatic carbocycles. The molecule has 1 atom stereocenters. The van der Waals surface area contributed by atoms with E-state index < -0.39 is 0 Å². The van der Waals surface area contributed by atoms with Crippen molar-refractivity contribution in [2.45, 2.75) is 32.4 Å². The fourth-order valence-corrected chi connectivity index (χ4v) is 2.96. The molecule has 1 aromatic carbocycles. The minimum Gasteiger partial charge on any atom is -0.375 e. The Balaban J connectivity index is 1.57. The average molecular weight is 314 g/mol. The molecule has 122 valence electrons. The number of benzene rings is 1. The average Bonchev–Trinajstić information content (AvgIpc) is 2.56. The number of hydrogen-bond donors (Lipinski definition) is 0. The molecule has 1 saturated heterocycles. The minimum atomic E-state index is -0.185. The Labute approximate surface area is 137 Å². The second-order valence-electron chi connectivity index (χ2n) is 6.07. The van der Waals surface area contributed by atoms with Gasteiger partial charge in [-0.25, -0.2) is 4.39 Å². The first kappa shape index (κ1) is 16.1. The van der Waals surface area contributed by atoms with Gasteiger partial charge in [-0.3, -0.25) is 9.88 Å². The van der Waals surface area contributed by atoms with Crippen molar-refractivity contribution in [1.29, 1.82) is 0 Å². The molecule has 1 aliphatic rings. The summed E-state index contributed by atoms with van der Waals surface area (Å²) in [5.74, 6) is -0.185. The van der Waals surface area contributed by atoms with E-state index in [0.29, 0.717) is 6.61 Å². The Morgan fingerprint density at radius 1 is 1.26 bits per heavy atom. The zero-order valence-corrected chi connectivity index (χ0v) is 13.5. The van der Waals surface area contributed by atoms with Gasteiger partial charge in [0.05, 0.1) is 18.4 Å². The van der Waals surface area contributed by atoms with Crippen molar-refractivity contribution >= 4 is 0 Å². The Morgan fingerprint density at radius 2 is 2.17 bits per heavy atom. The van der Waals surface area contributed by atoms with Gasteiger partial charge in [-0.15, -0.1) is 0 Å². The predicted molar refractivity (Wildman–Crippen MR) is 88.7 cm³/mol. The molecule has 1 aliphatic heterocycles. The lowest BCUT2D eigenvalue weighted by atomic mass is 10.1. The van der Waals surface area contributed by atoms with Crippen LogP contribution in [-0.2, 0) is 24.1 Å². The summed E-state index contributed by atoms with van der Waals surface area (Å²) in [7, 11) is 0. The highest BCUT2D eigenvalue weighted by atomic mass is 19.1. The lowest BCUT2D eigenvalue weighted by molar-refractivity contribution is -0.0308. The zero-order chi connectivity index (χ0) is 16.1. The van der Waals surface area contributed by atoms with Crippen molar-refractivity contribution in [1.82, 2.24) is 9.88 Å². The van der Waals surface area contributed by atoms with E-state index >= 15 is 0 Å². The highest BCUT2D eigenvalue weighted by Gasteiger charge is 2.21. The van der Waals surface area contributed by atoms with Crippen LogP contribution in [0.25, 0.3) is 0 Å². The number of aromatic nitrogens is 1. The third-order valence-corrected chi connectivity index (χ3v) is 4.26. The van der Waals surface area contributed by atoms with Crippen LogP contribution >= 0.6 is 0 Å². The van der Waals surface area contributed by atoms with Crippen molar-refractivity contribution < 1.29 is 9.13 Å². The molecule has 0 bridgehead atoms. The standard InChI is InChI=1S/C19H23FN2O/c1-2-15-6-7-18(21-12-15)13-22-8-9-23-19(14-22)11-16-4-3-5-17(20)10-16/h3-7,10,12,19H,2,8-9,11,13-14H2,1H3/t19-/m0/s1. The molecule has 0 radical (unpaired) electrons. The summed E-state index contributed by atoms with van der Waals surface area (Å²) in [4.78, 5) is 6.89. The minimum absolute atomic E-state index is 0.112. The number of ether oxygens (including phenoxy) is 1.